The number of carbonyl (C=O) groups excluding carboxylic acids is 1. The van der Waals surface area contributed by atoms with Crippen LogP contribution >= 0.6 is 11.3 Å². The van der Waals surface area contributed by atoms with Crippen LogP contribution in [0.3, 0.4) is 0 Å². The first kappa shape index (κ1) is 17.4. The predicted molar refractivity (Wildman–Crippen MR) is 91.0 cm³/mol. The lowest BCUT2D eigenvalue weighted by Crippen LogP contribution is -2.30. The maximum Gasteiger partial charge on any atom is 0.240 e. The molecule has 3 aromatic rings. The van der Waals surface area contributed by atoms with E-state index in [2.05, 4.69) is 15.6 Å². The Balaban J connectivity index is 1.60. The third-order valence-corrected chi connectivity index (χ3v) is 4.53. The number of nitrogens with zero attached hydrogens (tertiary/aromatic N) is 1. The number of nitrogens with one attached hydrogen (secondary N) is 2. The zero-order chi connectivity index (χ0) is 18.0. The molecule has 0 radical (unpaired) electrons. The van der Waals surface area contributed by atoms with Gasteiger partial charge in [0.2, 0.25) is 5.91 Å². The van der Waals surface area contributed by atoms with Gasteiger partial charge in [0.15, 0.2) is 5.13 Å². The van der Waals surface area contributed by atoms with Crippen molar-refractivity contribution in [3.8, 4) is 0 Å². The van der Waals surface area contributed by atoms with Crippen molar-refractivity contribution in [3.63, 3.8) is 0 Å². The van der Waals surface area contributed by atoms with E-state index >= 15 is 0 Å². The number of carbonyl (C=O) groups is 1. The first-order chi connectivity index (χ1) is 11.9. The summed E-state index contributed by atoms with van der Waals surface area (Å²) < 4.78 is 40.4. The highest BCUT2D eigenvalue weighted by Gasteiger charge is 2.14. The van der Waals surface area contributed by atoms with Gasteiger partial charge in [0.1, 0.15) is 17.5 Å². The molecule has 2 N–H and O–H groups in total. The van der Waals surface area contributed by atoms with E-state index in [9.17, 15) is 18.0 Å². The summed E-state index contributed by atoms with van der Waals surface area (Å²) in [5.74, 6) is -2.06. The van der Waals surface area contributed by atoms with Gasteiger partial charge >= 0.3 is 0 Å². The Labute approximate surface area is 145 Å². The van der Waals surface area contributed by atoms with Crippen molar-refractivity contribution in [1.29, 1.82) is 0 Å². The third kappa shape index (κ3) is 4.15. The van der Waals surface area contributed by atoms with Crippen LogP contribution in [0.4, 0.5) is 18.3 Å². The highest BCUT2D eigenvalue weighted by molar-refractivity contribution is 7.22. The van der Waals surface area contributed by atoms with Crippen LogP contribution in [0, 0.1) is 17.5 Å². The van der Waals surface area contributed by atoms with Crippen molar-refractivity contribution >= 4 is 32.6 Å². The van der Waals surface area contributed by atoms with Gasteiger partial charge in [-0.25, -0.2) is 18.2 Å². The van der Waals surface area contributed by atoms with E-state index in [0.717, 1.165) is 23.5 Å². The molecule has 2 aromatic carbocycles. The Morgan fingerprint density at radius 1 is 1.16 bits per heavy atom. The molecule has 1 atom stereocenters. The summed E-state index contributed by atoms with van der Waals surface area (Å²) in [4.78, 5) is 16.2. The Hall–Kier alpha value is -2.45. The standard InChI is InChI=1S/C17H14F3N3OS/c1-9(12-4-2-10(18)6-13(12)20)21-8-16(24)23-17-22-14-5-3-11(19)7-15(14)25-17/h2-7,9,21H,8H2,1H3,(H,22,23,24). The minimum Gasteiger partial charge on any atom is -0.302 e. The van der Waals surface area contributed by atoms with Crippen molar-refractivity contribution in [2.45, 2.75) is 13.0 Å². The number of anilines is 1. The smallest absolute Gasteiger partial charge is 0.240 e. The topological polar surface area (TPSA) is 54.0 Å². The van der Waals surface area contributed by atoms with Crippen molar-refractivity contribution in [2.75, 3.05) is 11.9 Å². The average molecular weight is 365 g/mol. The number of rotatable bonds is 5. The Morgan fingerprint density at radius 3 is 2.64 bits per heavy atom. The number of hydrogen-bond acceptors (Lipinski definition) is 4. The second-order valence-electron chi connectivity index (χ2n) is 5.45. The first-order valence-electron chi connectivity index (χ1n) is 7.46. The quantitative estimate of drug-likeness (QED) is 0.719. The fraction of sp³-hybridized carbons (Fsp3) is 0.176. The molecule has 0 spiro atoms. The summed E-state index contributed by atoms with van der Waals surface area (Å²) in [5.41, 5.74) is 0.862. The molecule has 1 unspecified atom stereocenters. The molecule has 4 nitrogen and oxygen atoms in total. The summed E-state index contributed by atoms with van der Waals surface area (Å²) in [6.07, 6.45) is 0. The molecule has 0 aliphatic rings. The van der Waals surface area contributed by atoms with Gasteiger partial charge in [0, 0.05) is 17.7 Å². The van der Waals surface area contributed by atoms with Gasteiger partial charge in [0.05, 0.1) is 16.8 Å². The predicted octanol–water partition coefficient (Wildman–Crippen LogP) is 4.00. The van der Waals surface area contributed by atoms with Crippen LogP contribution in [-0.4, -0.2) is 17.4 Å². The molecule has 1 amide bonds. The van der Waals surface area contributed by atoms with Crippen molar-refractivity contribution in [2.24, 2.45) is 0 Å². The summed E-state index contributed by atoms with van der Waals surface area (Å²) in [6, 6.07) is 7.01. The summed E-state index contributed by atoms with van der Waals surface area (Å²) in [7, 11) is 0. The van der Waals surface area contributed by atoms with Crippen LogP contribution in [0.15, 0.2) is 36.4 Å². The molecule has 0 saturated heterocycles. The molecule has 3 rings (SSSR count). The molecule has 0 bridgehead atoms. The monoisotopic (exact) mass is 365 g/mol. The van der Waals surface area contributed by atoms with Crippen LogP contribution < -0.4 is 10.6 Å². The minimum atomic E-state index is -0.673. The second kappa shape index (κ2) is 7.20. The molecule has 0 aliphatic carbocycles. The lowest BCUT2D eigenvalue weighted by atomic mass is 10.1. The summed E-state index contributed by atoms with van der Waals surface area (Å²) in [6.45, 7) is 1.59. The molecule has 0 saturated carbocycles. The largest absolute Gasteiger partial charge is 0.302 e. The molecule has 0 fully saturated rings. The first-order valence-corrected chi connectivity index (χ1v) is 8.28. The number of fused-ring (bicyclic) bond motifs is 1. The van der Waals surface area contributed by atoms with Crippen molar-refractivity contribution in [1.82, 2.24) is 10.3 Å². The average Bonchev–Trinajstić information content (AvgIpc) is 2.93. The van der Waals surface area contributed by atoms with Crippen LogP contribution in [0.1, 0.15) is 18.5 Å². The van der Waals surface area contributed by atoms with E-state index in [1.807, 2.05) is 0 Å². The molecule has 25 heavy (non-hydrogen) atoms. The molecule has 8 heteroatoms. The lowest BCUT2D eigenvalue weighted by Gasteiger charge is -2.14. The van der Waals surface area contributed by atoms with Crippen molar-refractivity contribution < 1.29 is 18.0 Å². The number of thiazole rings is 1. The molecule has 1 aromatic heterocycles. The fourth-order valence-electron chi connectivity index (χ4n) is 2.32. The van der Waals surface area contributed by atoms with E-state index in [4.69, 9.17) is 0 Å². The zero-order valence-corrected chi connectivity index (χ0v) is 14.0. The zero-order valence-electron chi connectivity index (χ0n) is 13.1. The summed E-state index contributed by atoms with van der Waals surface area (Å²) >= 11 is 1.16. The van der Waals surface area contributed by atoms with Gasteiger partial charge in [-0.1, -0.05) is 17.4 Å². The van der Waals surface area contributed by atoms with Crippen molar-refractivity contribution in [3.05, 3.63) is 59.4 Å². The van der Waals surface area contributed by atoms with Gasteiger partial charge in [-0.05, 0) is 31.2 Å². The molecule has 0 aliphatic heterocycles. The Morgan fingerprint density at radius 2 is 1.88 bits per heavy atom. The third-order valence-electron chi connectivity index (χ3n) is 3.59. The Bertz CT molecular complexity index is 929. The number of halogens is 3. The molecule has 130 valence electrons. The molecular weight excluding hydrogens is 351 g/mol. The highest BCUT2D eigenvalue weighted by Crippen LogP contribution is 2.26. The number of aromatic nitrogens is 1. The van der Waals surface area contributed by atoms with Gasteiger partial charge < -0.3 is 10.6 Å². The minimum absolute atomic E-state index is 0.0811. The van der Waals surface area contributed by atoms with E-state index in [-0.39, 0.29) is 23.8 Å². The van der Waals surface area contributed by atoms with Crippen LogP contribution in [0.2, 0.25) is 0 Å². The number of hydrogen-bond donors (Lipinski definition) is 2. The lowest BCUT2D eigenvalue weighted by molar-refractivity contribution is -0.115. The highest BCUT2D eigenvalue weighted by atomic mass is 32.1. The van der Waals surface area contributed by atoms with E-state index in [0.29, 0.717) is 15.3 Å². The van der Waals surface area contributed by atoms with Gasteiger partial charge in [0.25, 0.3) is 0 Å². The fourth-order valence-corrected chi connectivity index (χ4v) is 3.23. The maximum atomic E-state index is 13.7. The maximum absolute atomic E-state index is 13.7. The van der Waals surface area contributed by atoms with Crippen LogP contribution in [0.5, 0.6) is 0 Å². The summed E-state index contributed by atoms with van der Waals surface area (Å²) in [5, 5.41) is 5.83. The van der Waals surface area contributed by atoms with E-state index in [1.165, 1.54) is 24.3 Å². The molecule has 1 heterocycles. The van der Waals surface area contributed by atoms with Crippen LogP contribution in [0.25, 0.3) is 10.2 Å². The van der Waals surface area contributed by atoms with Gasteiger partial charge in [-0.2, -0.15) is 0 Å². The number of benzene rings is 2. The SMILES string of the molecule is CC(NCC(=O)Nc1nc2ccc(F)cc2s1)c1ccc(F)cc1F. The van der Waals surface area contributed by atoms with Gasteiger partial charge in [-0.15, -0.1) is 0 Å². The van der Waals surface area contributed by atoms with E-state index in [1.54, 1.807) is 6.92 Å². The number of amides is 1. The van der Waals surface area contributed by atoms with Crippen LogP contribution in [-0.2, 0) is 4.79 Å². The van der Waals surface area contributed by atoms with E-state index < -0.39 is 17.7 Å². The molecular formula is C17H14F3N3OS. The Kier molecular flexibility index (Phi) is 5.00. The second-order valence-corrected chi connectivity index (χ2v) is 6.48. The normalized spacial score (nSPS) is 12.3. The van der Waals surface area contributed by atoms with Gasteiger partial charge in [-0.3, -0.25) is 4.79 Å².